The summed E-state index contributed by atoms with van der Waals surface area (Å²) in [6.45, 7) is 2.31. The smallest absolute Gasteiger partial charge is 0.328 e. The molecule has 0 saturated heterocycles. The van der Waals surface area contributed by atoms with Crippen LogP contribution < -0.4 is 10.2 Å². The highest BCUT2D eigenvalue weighted by Gasteiger charge is 2.24. The molecule has 3 aromatic rings. The number of carboxylic acids is 1. The molecule has 4 rings (SSSR count). The number of hydrogen-bond donors (Lipinski definition) is 3. The Morgan fingerprint density at radius 3 is 2.87 bits per heavy atom. The number of thiazole rings is 1. The van der Waals surface area contributed by atoms with E-state index in [0.717, 1.165) is 28.3 Å². The molecule has 31 heavy (non-hydrogen) atoms. The molecule has 1 fully saturated rings. The van der Waals surface area contributed by atoms with E-state index >= 15 is 0 Å². The van der Waals surface area contributed by atoms with Gasteiger partial charge in [0.15, 0.2) is 5.13 Å². The van der Waals surface area contributed by atoms with Crippen LogP contribution in [0, 0.1) is 11.8 Å². The molecule has 1 atom stereocenters. The number of aliphatic carboxylic acids is 1. The lowest BCUT2D eigenvalue weighted by Crippen LogP contribution is -2.38. The number of amides is 2. The van der Waals surface area contributed by atoms with Crippen molar-refractivity contribution < 1.29 is 14.7 Å². The summed E-state index contributed by atoms with van der Waals surface area (Å²) in [4.78, 5) is 30.2. The Labute approximate surface area is 187 Å². The van der Waals surface area contributed by atoms with Gasteiger partial charge in [-0.15, -0.1) is 11.8 Å². The van der Waals surface area contributed by atoms with Crippen LogP contribution in [0.15, 0.2) is 28.6 Å². The molecule has 9 nitrogen and oxygen atoms in total. The number of hydrogen-bond acceptors (Lipinski definition) is 7. The van der Waals surface area contributed by atoms with Crippen molar-refractivity contribution in [1.82, 2.24) is 20.4 Å². The number of H-pyrrole nitrogens is 1. The molecule has 1 saturated carbocycles. The van der Waals surface area contributed by atoms with Crippen molar-refractivity contribution in [3.8, 4) is 0 Å². The molecule has 0 radical (unpaired) electrons. The SMILES string of the molecule is CC(CSc1cnc(NC(=O)N(CC2CCCC2)c2ccc3n[nH]nc3c2)s1)C(=O)O. The fourth-order valence-electron chi connectivity index (χ4n) is 3.57. The normalized spacial score (nSPS) is 15.3. The summed E-state index contributed by atoms with van der Waals surface area (Å²) >= 11 is 2.78. The quantitative estimate of drug-likeness (QED) is 0.424. The Hall–Kier alpha value is -2.66. The Morgan fingerprint density at radius 2 is 2.10 bits per heavy atom. The second-order valence-electron chi connectivity index (χ2n) is 7.72. The van der Waals surface area contributed by atoms with Crippen LogP contribution in [0.4, 0.5) is 15.6 Å². The lowest BCUT2D eigenvalue weighted by molar-refractivity contribution is -0.140. The van der Waals surface area contributed by atoms with Crippen molar-refractivity contribution in [3.05, 3.63) is 24.4 Å². The first kappa shape index (κ1) is 21.6. The fourth-order valence-corrected chi connectivity index (χ4v) is 5.47. The Morgan fingerprint density at radius 1 is 1.32 bits per heavy atom. The molecule has 164 valence electrons. The lowest BCUT2D eigenvalue weighted by Gasteiger charge is -2.25. The summed E-state index contributed by atoms with van der Waals surface area (Å²) < 4.78 is 0.870. The number of urea groups is 1. The third kappa shape index (κ3) is 5.34. The maximum Gasteiger partial charge on any atom is 0.328 e. The maximum atomic E-state index is 13.2. The number of carboxylic acid groups (broad SMARTS) is 1. The largest absolute Gasteiger partial charge is 0.481 e. The van der Waals surface area contributed by atoms with Crippen molar-refractivity contribution in [2.45, 2.75) is 36.8 Å². The van der Waals surface area contributed by atoms with Gasteiger partial charge in [-0.25, -0.2) is 9.78 Å². The van der Waals surface area contributed by atoms with Gasteiger partial charge < -0.3 is 5.11 Å². The van der Waals surface area contributed by atoms with Crippen LogP contribution in [0.5, 0.6) is 0 Å². The van der Waals surface area contributed by atoms with Gasteiger partial charge in [0.1, 0.15) is 11.0 Å². The molecule has 11 heteroatoms. The van der Waals surface area contributed by atoms with Crippen LogP contribution in [-0.2, 0) is 4.79 Å². The van der Waals surface area contributed by atoms with E-state index in [9.17, 15) is 9.59 Å². The van der Waals surface area contributed by atoms with Crippen LogP contribution in [-0.4, -0.2) is 49.8 Å². The third-order valence-corrected chi connectivity index (χ3v) is 7.74. The van der Waals surface area contributed by atoms with Gasteiger partial charge in [-0.2, -0.15) is 15.4 Å². The van der Waals surface area contributed by atoms with E-state index in [1.807, 2.05) is 18.2 Å². The van der Waals surface area contributed by atoms with Gasteiger partial charge in [-0.1, -0.05) is 31.1 Å². The van der Waals surface area contributed by atoms with Gasteiger partial charge in [0.2, 0.25) is 0 Å². The third-order valence-electron chi connectivity index (χ3n) is 5.37. The standard InChI is InChI=1S/C20H24N6O3S2/c1-12(18(27)28)11-30-17-9-21-19(31-17)22-20(29)26(10-13-4-2-3-5-13)14-6-7-15-16(8-14)24-25-23-15/h6-9,12-13H,2-5,10-11H2,1H3,(H,27,28)(H,21,22,29)(H,23,24,25). The lowest BCUT2D eigenvalue weighted by atomic mass is 10.1. The molecule has 1 aliphatic carbocycles. The number of anilines is 2. The minimum absolute atomic E-state index is 0.237. The van der Waals surface area contributed by atoms with Gasteiger partial charge in [-0.3, -0.25) is 15.0 Å². The number of thioether (sulfide) groups is 1. The van der Waals surface area contributed by atoms with Crippen molar-refractivity contribution in [1.29, 1.82) is 0 Å². The van der Waals surface area contributed by atoms with E-state index in [0.29, 0.717) is 28.9 Å². The van der Waals surface area contributed by atoms with Gasteiger partial charge in [0.05, 0.1) is 16.3 Å². The van der Waals surface area contributed by atoms with Gasteiger partial charge in [-0.05, 0) is 37.0 Å². The maximum absolute atomic E-state index is 13.2. The molecule has 2 heterocycles. The van der Waals surface area contributed by atoms with Crippen LogP contribution in [0.25, 0.3) is 11.0 Å². The zero-order valence-electron chi connectivity index (χ0n) is 17.1. The van der Waals surface area contributed by atoms with Crippen molar-refractivity contribution in [2.24, 2.45) is 11.8 Å². The topological polar surface area (TPSA) is 124 Å². The number of nitrogens with one attached hydrogen (secondary N) is 2. The summed E-state index contributed by atoms with van der Waals surface area (Å²) in [6.07, 6.45) is 6.31. The molecular weight excluding hydrogens is 436 g/mol. The van der Waals surface area contributed by atoms with Crippen LogP contribution in [0.1, 0.15) is 32.6 Å². The molecule has 1 aliphatic rings. The zero-order valence-corrected chi connectivity index (χ0v) is 18.7. The monoisotopic (exact) mass is 460 g/mol. The minimum Gasteiger partial charge on any atom is -0.481 e. The minimum atomic E-state index is -0.822. The summed E-state index contributed by atoms with van der Waals surface area (Å²) in [5, 5.41) is 23.3. The first-order valence-corrected chi connectivity index (χ1v) is 12.0. The summed E-state index contributed by atoms with van der Waals surface area (Å²) in [7, 11) is 0. The molecule has 0 aliphatic heterocycles. The van der Waals surface area contributed by atoms with Crippen molar-refractivity contribution in [2.75, 3.05) is 22.5 Å². The van der Waals surface area contributed by atoms with E-state index in [4.69, 9.17) is 5.11 Å². The second kappa shape index (κ2) is 9.65. The molecule has 1 aromatic carbocycles. The first-order valence-electron chi connectivity index (χ1n) is 10.2. The zero-order chi connectivity index (χ0) is 21.8. The highest BCUT2D eigenvalue weighted by atomic mass is 32.2. The molecule has 2 amide bonds. The first-order chi connectivity index (χ1) is 15.0. The van der Waals surface area contributed by atoms with E-state index in [-0.39, 0.29) is 6.03 Å². The molecule has 0 spiro atoms. The number of rotatable bonds is 8. The van der Waals surface area contributed by atoms with Crippen LogP contribution in [0.3, 0.4) is 0 Å². The molecule has 1 unspecified atom stereocenters. The highest BCUT2D eigenvalue weighted by Crippen LogP contribution is 2.31. The number of aromatic nitrogens is 4. The van der Waals surface area contributed by atoms with E-state index in [1.54, 1.807) is 18.0 Å². The van der Waals surface area contributed by atoms with Crippen molar-refractivity contribution in [3.63, 3.8) is 0 Å². The fraction of sp³-hybridized carbons (Fsp3) is 0.450. The number of benzene rings is 1. The molecule has 3 N–H and O–H groups in total. The Balaban J connectivity index is 1.47. The van der Waals surface area contributed by atoms with Gasteiger partial charge >= 0.3 is 12.0 Å². The highest BCUT2D eigenvalue weighted by molar-refractivity contribution is 8.01. The summed E-state index contributed by atoms with van der Waals surface area (Å²) in [5.74, 6) is -0.342. The average Bonchev–Trinajstić information content (AvgIpc) is 3.51. The number of carbonyl (C=O) groups is 2. The molecular formula is C20H24N6O3S2. The Bertz CT molecular complexity index is 1060. The summed E-state index contributed by atoms with van der Waals surface area (Å²) in [6, 6.07) is 5.37. The molecule has 2 aromatic heterocycles. The van der Waals surface area contributed by atoms with Gasteiger partial charge in [0.25, 0.3) is 0 Å². The van der Waals surface area contributed by atoms with Crippen LogP contribution >= 0.6 is 23.1 Å². The Kier molecular flexibility index (Phi) is 6.71. The van der Waals surface area contributed by atoms with E-state index in [2.05, 4.69) is 25.7 Å². The number of nitrogens with zero attached hydrogens (tertiary/aromatic N) is 4. The summed E-state index contributed by atoms with van der Waals surface area (Å²) in [5.41, 5.74) is 2.23. The van der Waals surface area contributed by atoms with E-state index < -0.39 is 11.9 Å². The predicted octanol–water partition coefficient (Wildman–Crippen LogP) is 4.46. The van der Waals surface area contributed by atoms with E-state index in [1.165, 1.54) is 35.9 Å². The number of fused-ring (bicyclic) bond motifs is 1. The number of aromatic amines is 1. The average molecular weight is 461 g/mol. The predicted molar refractivity (Wildman–Crippen MR) is 122 cm³/mol. The van der Waals surface area contributed by atoms with Crippen LogP contribution in [0.2, 0.25) is 0 Å². The van der Waals surface area contributed by atoms with Gasteiger partial charge in [0, 0.05) is 18.0 Å². The van der Waals surface area contributed by atoms with Crippen molar-refractivity contribution >= 4 is 57.0 Å². The molecule has 0 bridgehead atoms. The number of carbonyl (C=O) groups excluding carboxylic acids is 1. The second-order valence-corrected chi connectivity index (χ2v) is 10.1.